The fraction of sp³-hybridized carbons (Fsp3) is 0.286. The lowest BCUT2D eigenvalue weighted by Crippen LogP contribution is -2.03. The number of benzene rings is 1. The predicted octanol–water partition coefficient (Wildman–Crippen LogP) is 2.49. The normalized spacial score (nSPS) is 13.1. The summed E-state index contributed by atoms with van der Waals surface area (Å²) in [6.07, 6.45) is 0. The Balaban J connectivity index is 2.11. The monoisotopic (exact) mass is 289 g/mol. The standard InChI is InChI=1S/C14H15N3O2S/c1-18-8-3-4-9(12(5-8)19-2)14-16-11-7-20-6-10(11)13(15)17-14/h3-5H,6-7H2,1-2H3,(H2,15,16,17). The number of rotatable bonds is 3. The zero-order valence-electron chi connectivity index (χ0n) is 11.3. The van der Waals surface area contributed by atoms with E-state index in [1.54, 1.807) is 26.0 Å². The van der Waals surface area contributed by atoms with Crippen molar-refractivity contribution >= 4 is 17.6 Å². The second kappa shape index (κ2) is 5.20. The zero-order valence-corrected chi connectivity index (χ0v) is 12.2. The topological polar surface area (TPSA) is 70.3 Å². The summed E-state index contributed by atoms with van der Waals surface area (Å²) in [6, 6.07) is 5.57. The molecule has 2 aromatic rings. The van der Waals surface area contributed by atoms with E-state index in [2.05, 4.69) is 9.97 Å². The van der Waals surface area contributed by atoms with E-state index >= 15 is 0 Å². The van der Waals surface area contributed by atoms with E-state index in [4.69, 9.17) is 15.2 Å². The zero-order chi connectivity index (χ0) is 14.1. The highest BCUT2D eigenvalue weighted by Gasteiger charge is 2.20. The molecular weight excluding hydrogens is 274 g/mol. The Bertz CT molecular complexity index is 661. The van der Waals surface area contributed by atoms with Crippen LogP contribution in [0, 0.1) is 0 Å². The van der Waals surface area contributed by atoms with E-state index in [1.165, 1.54) is 0 Å². The summed E-state index contributed by atoms with van der Waals surface area (Å²) in [5.74, 6) is 4.34. The Morgan fingerprint density at radius 2 is 2.00 bits per heavy atom. The number of thioether (sulfide) groups is 1. The second-order valence-corrected chi connectivity index (χ2v) is 5.40. The Morgan fingerprint density at radius 3 is 2.75 bits per heavy atom. The number of nitrogen functional groups attached to an aromatic ring is 1. The van der Waals surface area contributed by atoms with E-state index in [0.717, 1.165) is 34.1 Å². The lowest BCUT2D eigenvalue weighted by Gasteiger charge is -2.11. The Kier molecular flexibility index (Phi) is 3.40. The molecule has 1 aliphatic rings. The van der Waals surface area contributed by atoms with Crippen molar-refractivity contribution < 1.29 is 9.47 Å². The van der Waals surface area contributed by atoms with Gasteiger partial charge in [-0.1, -0.05) is 0 Å². The third-order valence-corrected chi connectivity index (χ3v) is 4.23. The molecule has 1 aromatic carbocycles. The molecule has 104 valence electrons. The van der Waals surface area contributed by atoms with Gasteiger partial charge in [0, 0.05) is 23.1 Å². The van der Waals surface area contributed by atoms with Crippen molar-refractivity contribution in [3.8, 4) is 22.9 Å². The molecule has 0 bridgehead atoms. The van der Waals surface area contributed by atoms with Crippen molar-refractivity contribution in [2.75, 3.05) is 20.0 Å². The van der Waals surface area contributed by atoms with Gasteiger partial charge in [-0.05, 0) is 12.1 Å². The van der Waals surface area contributed by atoms with Gasteiger partial charge in [0.25, 0.3) is 0 Å². The minimum atomic E-state index is 0.563. The maximum atomic E-state index is 6.03. The first-order valence-electron chi connectivity index (χ1n) is 6.18. The van der Waals surface area contributed by atoms with Crippen LogP contribution >= 0.6 is 11.8 Å². The van der Waals surface area contributed by atoms with Crippen molar-refractivity contribution in [3.63, 3.8) is 0 Å². The van der Waals surface area contributed by atoms with Gasteiger partial charge in [-0.25, -0.2) is 9.97 Å². The molecule has 0 amide bonds. The van der Waals surface area contributed by atoms with Crippen LogP contribution in [0.2, 0.25) is 0 Å². The first-order valence-corrected chi connectivity index (χ1v) is 7.34. The molecule has 0 unspecified atom stereocenters. The number of ether oxygens (including phenoxy) is 2. The third-order valence-electron chi connectivity index (χ3n) is 3.26. The van der Waals surface area contributed by atoms with Gasteiger partial charge in [0.15, 0.2) is 5.82 Å². The van der Waals surface area contributed by atoms with Crippen LogP contribution in [0.5, 0.6) is 11.5 Å². The number of hydrogen-bond acceptors (Lipinski definition) is 6. The molecule has 20 heavy (non-hydrogen) atoms. The van der Waals surface area contributed by atoms with Crippen LogP contribution in [-0.4, -0.2) is 24.2 Å². The summed E-state index contributed by atoms with van der Waals surface area (Å²) in [6.45, 7) is 0. The largest absolute Gasteiger partial charge is 0.497 e. The summed E-state index contributed by atoms with van der Waals surface area (Å²) in [4.78, 5) is 9.03. The summed E-state index contributed by atoms with van der Waals surface area (Å²) in [7, 11) is 3.24. The van der Waals surface area contributed by atoms with Gasteiger partial charge in [0.2, 0.25) is 0 Å². The van der Waals surface area contributed by atoms with Crippen LogP contribution < -0.4 is 15.2 Å². The lowest BCUT2D eigenvalue weighted by atomic mass is 10.1. The molecular formula is C14H15N3O2S. The molecule has 0 radical (unpaired) electrons. The van der Waals surface area contributed by atoms with Crippen LogP contribution in [0.25, 0.3) is 11.4 Å². The van der Waals surface area contributed by atoms with E-state index < -0.39 is 0 Å². The molecule has 0 saturated carbocycles. The van der Waals surface area contributed by atoms with Gasteiger partial charge in [-0.2, -0.15) is 11.8 Å². The Morgan fingerprint density at radius 1 is 1.15 bits per heavy atom. The number of methoxy groups -OCH3 is 2. The third kappa shape index (κ3) is 2.16. The number of nitrogens with zero attached hydrogens (tertiary/aromatic N) is 2. The molecule has 0 spiro atoms. The molecule has 6 heteroatoms. The smallest absolute Gasteiger partial charge is 0.165 e. The van der Waals surface area contributed by atoms with Crippen molar-refractivity contribution in [1.82, 2.24) is 9.97 Å². The van der Waals surface area contributed by atoms with Crippen molar-refractivity contribution in [1.29, 1.82) is 0 Å². The number of nitrogens with two attached hydrogens (primary N) is 1. The molecule has 2 heterocycles. The summed E-state index contributed by atoms with van der Waals surface area (Å²) < 4.78 is 10.6. The highest BCUT2D eigenvalue weighted by molar-refractivity contribution is 7.98. The number of fused-ring (bicyclic) bond motifs is 1. The van der Waals surface area contributed by atoms with Crippen LogP contribution in [0.1, 0.15) is 11.3 Å². The summed E-state index contributed by atoms with van der Waals surface area (Å²) in [5, 5.41) is 0. The number of hydrogen-bond donors (Lipinski definition) is 1. The minimum absolute atomic E-state index is 0.563. The van der Waals surface area contributed by atoms with Crippen molar-refractivity contribution in [3.05, 3.63) is 29.5 Å². The molecule has 1 aliphatic heterocycles. The molecule has 2 N–H and O–H groups in total. The molecule has 3 rings (SSSR count). The summed E-state index contributed by atoms with van der Waals surface area (Å²) in [5.41, 5.74) is 8.93. The van der Waals surface area contributed by atoms with Gasteiger partial charge >= 0.3 is 0 Å². The first kappa shape index (κ1) is 13.1. The highest BCUT2D eigenvalue weighted by atomic mass is 32.2. The van der Waals surface area contributed by atoms with E-state index in [1.807, 2.05) is 18.2 Å². The average molecular weight is 289 g/mol. The molecule has 0 aliphatic carbocycles. The minimum Gasteiger partial charge on any atom is -0.497 e. The molecule has 5 nitrogen and oxygen atoms in total. The first-order chi connectivity index (χ1) is 9.72. The van der Waals surface area contributed by atoms with Gasteiger partial charge in [-0.15, -0.1) is 0 Å². The number of anilines is 1. The van der Waals surface area contributed by atoms with Gasteiger partial charge in [0.05, 0.1) is 25.5 Å². The molecule has 1 aromatic heterocycles. The maximum absolute atomic E-state index is 6.03. The van der Waals surface area contributed by atoms with Crippen LogP contribution in [-0.2, 0) is 11.5 Å². The fourth-order valence-corrected chi connectivity index (χ4v) is 3.23. The molecule has 0 atom stereocenters. The Hall–Kier alpha value is -1.95. The maximum Gasteiger partial charge on any atom is 0.165 e. The Labute approximate surface area is 121 Å². The van der Waals surface area contributed by atoms with Crippen LogP contribution in [0.15, 0.2) is 18.2 Å². The van der Waals surface area contributed by atoms with Crippen molar-refractivity contribution in [2.24, 2.45) is 0 Å². The van der Waals surface area contributed by atoms with E-state index in [-0.39, 0.29) is 0 Å². The summed E-state index contributed by atoms with van der Waals surface area (Å²) >= 11 is 1.80. The van der Waals surface area contributed by atoms with Crippen LogP contribution in [0.4, 0.5) is 5.82 Å². The highest BCUT2D eigenvalue weighted by Crippen LogP contribution is 2.36. The average Bonchev–Trinajstić information content (AvgIpc) is 2.95. The van der Waals surface area contributed by atoms with E-state index in [9.17, 15) is 0 Å². The predicted molar refractivity (Wildman–Crippen MR) is 80.0 cm³/mol. The SMILES string of the molecule is COc1ccc(-c2nc(N)c3c(n2)CSC3)c(OC)c1. The lowest BCUT2D eigenvalue weighted by molar-refractivity contribution is 0.395. The van der Waals surface area contributed by atoms with Crippen LogP contribution in [0.3, 0.4) is 0 Å². The van der Waals surface area contributed by atoms with E-state index in [0.29, 0.717) is 17.4 Å². The molecule has 0 saturated heterocycles. The fourth-order valence-electron chi connectivity index (χ4n) is 2.18. The van der Waals surface area contributed by atoms with Crippen molar-refractivity contribution in [2.45, 2.75) is 11.5 Å². The number of aromatic nitrogens is 2. The quantitative estimate of drug-likeness (QED) is 0.936. The van der Waals surface area contributed by atoms with Gasteiger partial charge < -0.3 is 15.2 Å². The van der Waals surface area contributed by atoms with Gasteiger partial charge in [-0.3, -0.25) is 0 Å². The molecule has 0 fully saturated rings. The second-order valence-electron chi connectivity index (χ2n) is 4.42. The van der Waals surface area contributed by atoms with Gasteiger partial charge in [0.1, 0.15) is 17.3 Å².